The number of amides is 3. The first kappa shape index (κ1) is 21.5. The maximum absolute atomic E-state index is 12.6. The summed E-state index contributed by atoms with van der Waals surface area (Å²) in [6, 6.07) is 12.8. The van der Waals surface area contributed by atoms with Crippen LogP contribution in [0.5, 0.6) is 0 Å². The second-order valence-electron chi connectivity index (χ2n) is 7.32. The van der Waals surface area contributed by atoms with E-state index in [1.54, 1.807) is 36.4 Å². The number of nitrogens with one attached hydrogen (secondary N) is 1. The minimum atomic E-state index is -3.50. The van der Waals surface area contributed by atoms with Crippen LogP contribution in [0.15, 0.2) is 53.4 Å². The lowest BCUT2D eigenvalue weighted by atomic mass is 10.1. The molecule has 0 unspecified atom stereocenters. The lowest BCUT2D eigenvalue weighted by molar-refractivity contribution is -0.125. The summed E-state index contributed by atoms with van der Waals surface area (Å²) < 4.78 is 26.7. The molecule has 2 aliphatic heterocycles. The zero-order valence-corrected chi connectivity index (χ0v) is 18.2. The third-order valence-corrected chi connectivity index (χ3v) is 7.96. The summed E-state index contributed by atoms with van der Waals surface area (Å²) in [5.74, 6) is -0.470. The van der Waals surface area contributed by atoms with E-state index in [1.165, 1.54) is 21.3 Å². The van der Waals surface area contributed by atoms with Gasteiger partial charge in [0.25, 0.3) is 11.1 Å². The molecule has 2 aromatic rings. The van der Waals surface area contributed by atoms with Crippen molar-refractivity contribution >= 4 is 44.5 Å². The first-order valence-electron chi connectivity index (χ1n) is 9.82. The zero-order valence-electron chi connectivity index (χ0n) is 16.6. The monoisotopic (exact) mass is 459 g/mol. The average Bonchev–Trinajstić information content (AvgIpc) is 3.41. The summed E-state index contributed by atoms with van der Waals surface area (Å²) in [5.41, 5.74) is 1.51. The maximum Gasteiger partial charge on any atom is 0.289 e. The summed E-state index contributed by atoms with van der Waals surface area (Å²) in [4.78, 5) is 37.6. The van der Waals surface area contributed by atoms with Crippen LogP contribution < -0.4 is 5.32 Å². The molecule has 2 aliphatic rings. The van der Waals surface area contributed by atoms with Gasteiger partial charge in [0.2, 0.25) is 15.9 Å². The van der Waals surface area contributed by atoms with Crippen LogP contribution in [-0.4, -0.2) is 53.5 Å². The van der Waals surface area contributed by atoms with Gasteiger partial charge in [0.15, 0.2) is 0 Å². The zero-order chi connectivity index (χ0) is 22.0. The van der Waals surface area contributed by atoms with E-state index in [9.17, 15) is 22.8 Å². The van der Waals surface area contributed by atoms with Crippen LogP contribution in [0.25, 0.3) is 0 Å². The van der Waals surface area contributed by atoms with Crippen molar-refractivity contribution in [2.75, 3.05) is 24.2 Å². The fourth-order valence-electron chi connectivity index (χ4n) is 3.52. The molecule has 2 fully saturated rings. The lowest BCUT2D eigenvalue weighted by Gasteiger charge is -2.16. The topological polar surface area (TPSA) is 104 Å². The Morgan fingerprint density at radius 1 is 1.03 bits per heavy atom. The highest BCUT2D eigenvalue weighted by Crippen LogP contribution is 2.23. The molecular weight excluding hydrogens is 438 g/mol. The van der Waals surface area contributed by atoms with Gasteiger partial charge < -0.3 is 5.32 Å². The van der Waals surface area contributed by atoms with Crippen molar-refractivity contribution in [1.82, 2.24) is 9.21 Å². The number of carbonyl (C=O) groups is 3. The largest absolute Gasteiger partial charge is 0.322 e. The Kier molecular flexibility index (Phi) is 6.12. The molecule has 2 saturated heterocycles. The third kappa shape index (κ3) is 4.65. The van der Waals surface area contributed by atoms with Crippen LogP contribution in [0, 0.1) is 0 Å². The Bertz CT molecular complexity index is 1110. The molecule has 0 aromatic heterocycles. The van der Waals surface area contributed by atoms with Crippen molar-refractivity contribution < 1.29 is 22.8 Å². The Hall–Kier alpha value is -2.69. The van der Waals surface area contributed by atoms with Gasteiger partial charge in [-0.15, -0.1) is 0 Å². The molecular formula is C21H21N3O5S2. The second kappa shape index (κ2) is 8.81. The van der Waals surface area contributed by atoms with Crippen molar-refractivity contribution in [1.29, 1.82) is 0 Å². The third-order valence-electron chi connectivity index (χ3n) is 5.19. The maximum atomic E-state index is 12.6. The predicted octanol–water partition coefficient (Wildman–Crippen LogP) is 2.92. The van der Waals surface area contributed by atoms with Crippen LogP contribution in [0.2, 0.25) is 0 Å². The van der Waals surface area contributed by atoms with Gasteiger partial charge in [-0.2, -0.15) is 4.31 Å². The highest BCUT2D eigenvalue weighted by molar-refractivity contribution is 8.14. The van der Waals surface area contributed by atoms with Crippen LogP contribution >= 0.6 is 11.8 Å². The smallest absolute Gasteiger partial charge is 0.289 e. The molecule has 10 heteroatoms. The normalized spacial score (nSPS) is 17.4. The van der Waals surface area contributed by atoms with Gasteiger partial charge in [-0.25, -0.2) is 8.42 Å². The molecule has 1 N–H and O–H groups in total. The van der Waals surface area contributed by atoms with Crippen molar-refractivity contribution in [3.8, 4) is 0 Å². The molecule has 2 aromatic carbocycles. The molecule has 31 heavy (non-hydrogen) atoms. The van der Waals surface area contributed by atoms with E-state index in [1.807, 2.05) is 0 Å². The first-order valence-corrected chi connectivity index (χ1v) is 12.2. The van der Waals surface area contributed by atoms with Crippen LogP contribution in [0.3, 0.4) is 0 Å². The van der Waals surface area contributed by atoms with Crippen LogP contribution in [0.1, 0.15) is 28.8 Å². The molecule has 0 bridgehead atoms. The number of imide groups is 1. The Morgan fingerprint density at radius 3 is 2.39 bits per heavy atom. The molecule has 0 spiro atoms. The second-order valence-corrected chi connectivity index (χ2v) is 10.2. The highest BCUT2D eigenvalue weighted by atomic mass is 32.2. The Morgan fingerprint density at radius 2 is 1.74 bits per heavy atom. The Labute approximate surface area is 184 Å². The molecule has 8 nitrogen and oxygen atoms in total. The number of hydrogen-bond donors (Lipinski definition) is 1. The van der Waals surface area contributed by atoms with Crippen LogP contribution in [0.4, 0.5) is 10.5 Å². The van der Waals surface area contributed by atoms with Gasteiger partial charge in [-0.1, -0.05) is 23.9 Å². The van der Waals surface area contributed by atoms with Gasteiger partial charge in [-0.05, 0) is 54.8 Å². The molecule has 0 aliphatic carbocycles. The standard InChI is InChI=1S/C21H21N3O5S2/c25-19-14-30-21(27)24(19)13-15-4-3-5-16(12-15)20(26)22-17-6-8-18(9-7-17)31(28,29)23-10-1-2-11-23/h3-9,12H,1-2,10-11,13-14H2,(H,22,26). The quantitative estimate of drug-likeness (QED) is 0.712. The van der Waals surface area contributed by atoms with E-state index in [0.717, 1.165) is 24.6 Å². The molecule has 0 saturated carbocycles. The van der Waals surface area contributed by atoms with E-state index in [-0.39, 0.29) is 34.2 Å². The number of rotatable bonds is 6. The van der Waals surface area contributed by atoms with E-state index in [4.69, 9.17) is 0 Å². The minimum Gasteiger partial charge on any atom is -0.322 e. The fourth-order valence-corrected chi connectivity index (χ4v) is 5.76. The lowest BCUT2D eigenvalue weighted by Crippen LogP contribution is -2.28. The predicted molar refractivity (Wildman–Crippen MR) is 117 cm³/mol. The van der Waals surface area contributed by atoms with Gasteiger partial charge in [-0.3, -0.25) is 19.3 Å². The molecule has 0 atom stereocenters. The SMILES string of the molecule is O=C(Nc1ccc(S(=O)(=O)N2CCCC2)cc1)c1cccc(CN2C(=O)CSC2=O)c1. The molecule has 162 valence electrons. The van der Waals surface area contributed by atoms with Gasteiger partial charge in [0.1, 0.15) is 0 Å². The van der Waals surface area contributed by atoms with E-state index in [0.29, 0.717) is 29.9 Å². The fraction of sp³-hybridized carbons (Fsp3) is 0.286. The summed E-state index contributed by atoms with van der Waals surface area (Å²) in [6.45, 7) is 1.18. The number of benzene rings is 2. The summed E-state index contributed by atoms with van der Waals surface area (Å²) in [5, 5.41) is 2.46. The summed E-state index contributed by atoms with van der Waals surface area (Å²) in [6.07, 6.45) is 1.73. The van der Waals surface area contributed by atoms with Crippen molar-refractivity contribution in [2.45, 2.75) is 24.3 Å². The summed E-state index contributed by atoms with van der Waals surface area (Å²) in [7, 11) is -3.50. The minimum absolute atomic E-state index is 0.120. The van der Waals surface area contributed by atoms with Crippen LogP contribution in [-0.2, 0) is 21.4 Å². The van der Waals surface area contributed by atoms with Gasteiger partial charge in [0, 0.05) is 24.3 Å². The Balaban J connectivity index is 1.43. The number of thioether (sulfide) groups is 1. The number of sulfonamides is 1. The number of nitrogens with zero attached hydrogens (tertiary/aromatic N) is 2. The molecule has 3 amide bonds. The number of hydrogen-bond acceptors (Lipinski definition) is 6. The van der Waals surface area contributed by atoms with Gasteiger partial charge >= 0.3 is 0 Å². The van der Waals surface area contributed by atoms with Crippen molar-refractivity contribution in [3.63, 3.8) is 0 Å². The number of anilines is 1. The first-order chi connectivity index (χ1) is 14.8. The molecule has 0 radical (unpaired) electrons. The summed E-state index contributed by atoms with van der Waals surface area (Å²) >= 11 is 0.968. The van der Waals surface area contributed by atoms with Gasteiger partial charge in [0.05, 0.1) is 17.2 Å². The average molecular weight is 460 g/mol. The number of carbonyl (C=O) groups excluding carboxylic acids is 3. The molecule has 2 heterocycles. The van der Waals surface area contributed by atoms with Crippen molar-refractivity contribution in [3.05, 3.63) is 59.7 Å². The molecule has 4 rings (SSSR count). The van der Waals surface area contributed by atoms with E-state index < -0.39 is 10.0 Å². The highest BCUT2D eigenvalue weighted by Gasteiger charge is 2.30. The van der Waals surface area contributed by atoms with E-state index >= 15 is 0 Å². The van der Waals surface area contributed by atoms with E-state index in [2.05, 4.69) is 5.32 Å². The van der Waals surface area contributed by atoms with Crippen molar-refractivity contribution in [2.24, 2.45) is 0 Å².